The molecule has 13 heavy (non-hydrogen) atoms. The molecule has 1 aromatic heterocycles. The number of aromatic nitrogens is 1. The number of halogens is 1. The summed E-state index contributed by atoms with van der Waals surface area (Å²) in [5.41, 5.74) is 6.99. The van der Waals surface area contributed by atoms with Crippen LogP contribution in [0.3, 0.4) is 0 Å². The Balaban J connectivity index is 2.73. The molecule has 0 aliphatic carbocycles. The number of H-pyrrole nitrogens is 1. The number of rotatable bonds is 1. The summed E-state index contributed by atoms with van der Waals surface area (Å²) in [6.45, 7) is 1.77. The lowest BCUT2D eigenvalue weighted by atomic mass is 10.1. The van der Waals surface area contributed by atoms with Gasteiger partial charge < -0.3 is 10.7 Å². The van der Waals surface area contributed by atoms with E-state index in [1.54, 1.807) is 25.3 Å². The quantitative estimate of drug-likeness (QED) is 0.691. The average Bonchev–Trinajstić information content (AvgIpc) is 2.52. The van der Waals surface area contributed by atoms with Crippen molar-refractivity contribution < 1.29 is 4.39 Å². The largest absolute Gasteiger partial charge is 0.361 e. The van der Waals surface area contributed by atoms with E-state index in [1.165, 1.54) is 0 Å². The summed E-state index contributed by atoms with van der Waals surface area (Å²) in [4.78, 5) is 2.95. The molecule has 1 aromatic carbocycles. The first-order valence-electron chi connectivity index (χ1n) is 4.21. The number of nitrogens with one attached hydrogen (secondary N) is 1. The highest BCUT2D eigenvalue weighted by Crippen LogP contribution is 2.23. The van der Waals surface area contributed by atoms with E-state index in [0.717, 1.165) is 5.52 Å². The third-order valence-corrected chi connectivity index (χ3v) is 2.19. The maximum atomic E-state index is 13.7. The van der Waals surface area contributed by atoms with Gasteiger partial charge in [0.05, 0.1) is 0 Å². The van der Waals surface area contributed by atoms with Crippen molar-refractivity contribution in [3.8, 4) is 0 Å². The second-order valence-electron chi connectivity index (χ2n) is 3.20. The van der Waals surface area contributed by atoms with E-state index in [4.69, 9.17) is 5.73 Å². The number of benzene rings is 1. The maximum absolute atomic E-state index is 13.7. The maximum Gasteiger partial charge on any atom is 0.137 e. The first kappa shape index (κ1) is 8.26. The van der Waals surface area contributed by atoms with Gasteiger partial charge in [-0.15, -0.1) is 0 Å². The van der Waals surface area contributed by atoms with Crippen LogP contribution in [0.2, 0.25) is 0 Å². The number of hydrogen-bond donors (Lipinski definition) is 2. The highest BCUT2D eigenvalue weighted by Gasteiger charge is 2.10. The van der Waals surface area contributed by atoms with Crippen LogP contribution >= 0.6 is 0 Å². The van der Waals surface area contributed by atoms with Crippen LogP contribution in [0.4, 0.5) is 4.39 Å². The van der Waals surface area contributed by atoms with E-state index in [0.29, 0.717) is 10.9 Å². The Morgan fingerprint density at radius 2 is 2.15 bits per heavy atom. The highest BCUT2D eigenvalue weighted by molar-refractivity contribution is 5.80. The molecule has 0 spiro atoms. The molecule has 0 saturated heterocycles. The van der Waals surface area contributed by atoms with Crippen molar-refractivity contribution in [2.45, 2.75) is 13.0 Å². The average molecular weight is 178 g/mol. The zero-order chi connectivity index (χ0) is 9.42. The van der Waals surface area contributed by atoms with Crippen molar-refractivity contribution in [1.29, 1.82) is 0 Å². The van der Waals surface area contributed by atoms with Crippen molar-refractivity contribution in [3.05, 3.63) is 35.8 Å². The molecule has 68 valence electrons. The van der Waals surface area contributed by atoms with Gasteiger partial charge in [0.15, 0.2) is 0 Å². The lowest BCUT2D eigenvalue weighted by molar-refractivity contribution is 0.605. The Kier molecular flexibility index (Phi) is 1.81. The molecule has 1 unspecified atom stereocenters. The van der Waals surface area contributed by atoms with Gasteiger partial charge in [0.1, 0.15) is 5.82 Å². The first-order chi connectivity index (χ1) is 6.20. The Hall–Kier alpha value is -1.35. The zero-order valence-electron chi connectivity index (χ0n) is 7.34. The van der Waals surface area contributed by atoms with Crippen molar-refractivity contribution in [3.63, 3.8) is 0 Å². The third kappa shape index (κ3) is 1.21. The fourth-order valence-electron chi connectivity index (χ4n) is 1.47. The summed E-state index contributed by atoms with van der Waals surface area (Å²) < 4.78 is 13.7. The third-order valence-electron chi connectivity index (χ3n) is 2.19. The molecule has 2 nitrogen and oxygen atoms in total. The Bertz CT molecular complexity index is 431. The summed E-state index contributed by atoms with van der Waals surface area (Å²) in [6.07, 6.45) is 1.72. The number of hydrogen-bond acceptors (Lipinski definition) is 1. The van der Waals surface area contributed by atoms with Gasteiger partial charge in [-0.25, -0.2) is 4.39 Å². The minimum atomic E-state index is -0.265. The van der Waals surface area contributed by atoms with Crippen LogP contribution in [0.25, 0.3) is 10.9 Å². The van der Waals surface area contributed by atoms with Crippen LogP contribution < -0.4 is 5.73 Å². The van der Waals surface area contributed by atoms with E-state index in [2.05, 4.69) is 4.98 Å². The predicted octanol–water partition coefficient (Wildman–Crippen LogP) is 2.33. The number of fused-ring (bicyclic) bond motifs is 1. The zero-order valence-corrected chi connectivity index (χ0v) is 7.34. The van der Waals surface area contributed by atoms with E-state index in [9.17, 15) is 4.39 Å². The minimum absolute atomic E-state index is 0.214. The van der Waals surface area contributed by atoms with Crippen molar-refractivity contribution in [1.82, 2.24) is 4.98 Å². The molecule has 0 aliphatic rings. The fraction of sp³-hybridized carbons (Fsp3) is 0.200. The van der Waals surface area contributed by atoms with E-state index in [-0.39, 0.29) is 11.9 Å². The van der Waals surface area contributed by atoms with Crippen LogP contribution in [0.5, 0.6) is 0 Å². The Labute approximate surface area is 75.6 Å². The van der Waals surface area contributed by atoms with Crippen LogP contribution in [-0.4, -0.2) is 4.98 Å². The molecule has 0 amide bonds. The standard InChI is InChI=1S/C10H11FN2/c1-6(12)7-2-3-9-8(10(7)11)4-5-13-9/h2-6,13H,12H2,1H3. The van der Waals surface area contributed by atoms with Crippen molar-refractivity contribution in [2.24, 2.45) is 5.73 Å². The molecule has 2 aromatic rings. The van der Waals surface area contributed by atoms with Gasteiger partial charge >= 0.3 is 0 Å². The topological polar surface area (TPSA) is 41.8 Å². The SMILES string of the molecule is CC(N)c1ccc2[nH]ccc2c1F. The van der Waals surface area contributed by atoms with Crippen LogP contribution in [0, 0.1) is 5.82 Å². The highest BCUT2D eigenvalue weighted by atomic mass is 19.1. The summed E-state index contributed by atoms with van der Waals surface area (Å²) in [6, 6.07) is 5.02. The van der Waals surface area contributed by atoms with Gasteiger partial charge in [-0.2, -0.15) is 0 Å². The van der Waals surface area contributed by atoms with Gasteiger partial charge in [-0.05, 0) is 19.1 Å². The van der Waals surface area contributed by atoms with E-state index < -0.39 is 0 Å². The summed E-state index contributed by atoms with van der Waals surface area (Å²) in [7, 11) is 0. The molecule has 0 bridgehead atoms. The summed E-state index contributed by atoms with van der Waals surface area (Å²) in [5, 5.41) is 0.606. The molecule has 1 heterocycles. The molecular formula is C10H11FN2. The van der Waals surface area contributed by atoms with Gasteiger partial charge in [0.2, 0.25) is 0 Å². The first-order valence-corrected chi connectivity index (χ1v) is 4.21. The lowest BCUT2D eigenvalue weighted by Crippen LogP contribution is -2.07. The predicted molar refractivity (Wildman–Crippen MR) is 50.9 cm³/mol. The smallest absolute Gasteiger partial charge is 0.137 e. The second-order valence-corrected chi connectivity index (χ2v) is 3.20. The number of nitrogens with two attached hydrogens (primary N) is 1. The van der Waals surface area contributed by atoms with Crippen LogP contribution in [0.1, 0.15) is 18.5 Å². The van der Waals surface area contributed by atoms with Gasteiger partial charge in [0, 0.05) is 28.7 Å². The van der Waals surface area contributed by atoms with Crippen LogP contribution in [-0.2, 0) is 0 Å². The Morgan fingerprint density at radius 1 is 1.38 bits per heavy atom. The molecule has 3 N–H and O–H groups in total. The lowest BCUT2D eigenvalue weighted by Gasteiger charge is -2.07. The molecule has 1 atom stereocenters. The summed E-state index contributed by atoms with van der Waals surface area (Å²) in [5.74, 6) is -0.214. The molecule has 0 aliphatic heterocycles. The van der Waals surface area contributed by atoms with E-state index in [1.807, 2.05) is 6.07 Å². The van der Waals surface area contributed by atoms with Crippen molar-refractivity contribution >= 4 is 10.9 Å². The Morgan fingerprint density at radius 3 is 2.85 bits per heavy atom. The molecule has 0 radical (unpaired) electrons. The van der Waals surface area contributed by atoms with Gasteiger partial charge in [0.25, 0.3) is 0 Å². The molecule has 3 heteroatoms. The monoisotopic (exact) mass is 178 g/mol. The van der Waals surface area contributed by atoms with Gasteiger partial charge in [-0.1, -0.05) is 6.07 Å². The van der Waals surface area contributed by atoms with Gasteiger partial charge in [-0.3, -0.25) is 0 Å². The second kappa shape index (κ2) is 2.85. The van der Waals surface area contributed by atoms with Crippen molar-refractivity contribution in [2.75, 3.05) is 0 Å². The van der Waals surface area contributed by atoms with Crippen LogP contribution in [0.15, 0.2) is 24.4 Å². The van der Waals surface area contributed by atoms with E-state index >= 15 is 0 Å². The molecular weight excluding hydrogens is 167 g/mol. The molecule has 2 rings (SSSR count). The molecule has 0 saturated carbocycles. The number of aromatic amines is 1. The minimum Gasteiger partial charge on any atom is -0.361 e. The summed E-state index contributed by atoms with van der Waals surface area (Å²) >= 11 is 0. The fourth-order valence-corrected chi connectivity index (χ4v) is 1.47. The normalized spacial score (nSPS) is 13.5. The molecule has 0 fully saturated rings.